The van der Waals surface area contributed by atoms with E-state index in [0.29, 0.717) is 0 Å². The number of hydrogen-bond acceptors (Lipinski definition) is 8. The van der Waals surface area contributed by atoms with Crippen LogP contribution in [-0.4, -0.2) is 50.7 Å². The van der Waals surface area contributed by atoms with E-state index in [1.54, 1.807) is 60.7 Å². The van der Waals surface area contributed by atoms with E-state index >= 15 is 0 Å². The Morgan fingerprint density at radius 1 is 0.442 bits per heavy atom. The topological polar surface area (TPSA) is 125 Å². The van der Waals surface area contributed by atoms with Gasteiger partial charge >= 0.3 is 0 Å². The number of benzene rings is 2. The standard InChI is InChI=1S/C19H32O3S.C18H30O3S.C3H9N.C2H7N/c1-2-3-4-5-6-7-8-9-10-11-15-18-22-23(20,21)19-16-13-12-14-17-19;1-2-3-4-5-6-7-8-9-10-14-17-21-22(19,20)18-15-12-11-13-16-18;1-2-3-4;1-3-2/h12-14,16-17H,2-11,15,18H2,1H3;11-13,15-16H,2-10,14,17H2,1H3;2-4H2,1H3;3H,1-2H3. The maximum Gasteiger partial charge on any atom is 0.296 e. The molecule has 0 amide bonds. The maximum absolute atomic E-state index is 11.9. The van der Waals surface area contributed by atoms with Gasteiger partial charge in [0.2, 0.25) is 0 Å². The molecule has 2 rings (SSSR count). The molecular formula is C42H78N2O6S2. The Balaban J connectivity index is 0. The van der Waals surface area contributed by atoms with Gasteiger partial charge in [-0.25, -0.2) is 0 Å². The number of nitrogens with two attached hydrogens (primary N) is 1. The highest BCUT2D eigenvalue weighted by Crippen LogP contribution is 2.15. The van der Waals surface area contributed by atoms with Crippen molar-refractivity contribution in [2.24, 2.45) is 5.73 Å². The van der Waals surface area contributed by atoms with Crippen molar-refractivity contribution in [2.75, 3.05) is 33.9 Å². The van der Waals surface area contributed by atoms with Gasteiger partial charge in [-0.1, -0.05) is 179 Å². The van der Waals surface area contributed by atoms with E-state index in [1.807, 2.05) is 14.1 Å². The van der Waals surface area contributed by atoms with Crippen LogP contribution in [0.15, 0.2) is 70.5 Å². The average Bonchev–Trinajstić information content (AvgIpc) is 3.15. The average molecular weight is 771 g/mol. The van der Waals surface area contributed by atoms with Gasteiger partial charge in [-0.2, -0.15) is 16.8 Å². The SMILES string of the molecule is CCCCCCCCCCCCCOS(=O)(=O)c1ccccc1.CCCCCCCCCCCCOS(=O)(=O)c1ccccc1.CCCN.CNC. The van der Waals surface area contributed by atoms with E-state index in [1.165, 1.54) is 109 Å². The molecule has 0 atom stereocenters. The fourth-order valence-electron chi connectivity index (χ4n) is 5.00. The van der Waals surface area contributed by atoms with Gasteiger partial charge in [0, 0.05) is 0 Å². The Hall–Kier alpha value is -1.82. The molecule has 8 nitrogen and oxygen atoms in total. The largest absolute Gasteiger partial charge is 0.330 e. The van der Waals surface area contributed by atoms with E-state index in [9.17, 15) is 16.8 Å². The summed E-state index contributed by atoms with van der Waals surface area (Å²) in [5, 5.41) is 2.75. The molecule has 0 aliphatic rings. The molecule has 0 aromatic heterocycles. The molecule has 52 heavy (non-hydrogen) atoms. The van der Waals surface area contributed by atoms with Gasteiger partial charge in [-0.15, -0.1) is 0 Å². The number of hydrogen-bond donors (Lipinski definition) is 2. The molecule has 0 radical (unpaired) electrons. The molecular weight excluding hydrogens is 693 g/mol. The minimum atomic E-state index is -3.57. The van der Waals surface area contributed by atoms with Crippen LogP contribution in [0, 0.1) is 0 Å². The quantitative estimate of drug-likeness (QED) is 0.0647. The minimum absolute atomic E-state index is 0.238. The van der Waals surface area contributed by atoms with Crippen molar-refractivity contribution in [3.05, 3.63) is 60.7 Å². The summed E-state index contributed by atoms with van der Waals surface area (Å²) in [6.45, 7) is 7.93. The van der Waals surface area contributed by atoms with Crippen molar-refractivity contribution in [1.82, 2.24) is 5.32 Å². The van der Waals surface area contributed by atoms with Crippen LogP contribution in [0.2, 0.25) is 0 Å². The highest BCUT2D eigenvalue weighted by atomic mass is 32.2. The van der Waals surface area contributed by atoms with Crippen molar-refractivity contribution >= 4 is 20.2 Å². The van der Waals surface area contributed by atoms with Crippen LogP contribution in [0.4, 0.5) is 0 Å². The van der Waals surface area contributed by atoms with Gasteiger partial charge in [-0.3, -0.25) is 8.37 Å². The molecule has 0 saturated heterocycles. The third kappa shape index (κ3) is 34.0. The molecule has 2 aromatic rings. The summed E-state index contributed by atoms with van der Waals surface area (Å²) in [5.41, 5.74) is 5.03. The van der Waals surface area contributed by atoms with Crippen LogP contribution in [0.1, 0.15) is 162 Å². The first-order chi connectivity index (χ1) is 25.2. The Bertz CT molecular complexity index is 1200. The van der Waals surface area contributed by atoms with Crippen molar-refractivity contribution in [3.8, 4) is 0 Å². The molecule has 3 N–H and O–H groups in total. The molecule has 0 aliphatic carbocycles. The lowest BCUT2D eigenvalue weighted by molar-refractivity contribution is 0.305. The second-order valence-electron chi connectivity index (χ2n) is 13.2. The molecule has 304 valence electrons. The highest BCUT2D eigenvalue weighted by Gasteiger charge is 2.14. The minimum Gasteiger partial charge on any atom is -0.330 e. The van der Waals surface area contributed by atoms with Crippen molar-refractivity contribution in [1.29, 1.82) is 0 Å². The first-order valence-corrected chi connectivity index (χ1v) is 23.2. The van der Waals surface area contributed by atoms with Crippen LogP contribution < -0.4 is 11.1 Å². The fraction of sp³-hybridized carbons (Fsp3) is 0.714. The molecule has 0 saturated carbocycles. The summed E-state index contributed by atoms with van der Waals surface area (Å²) >= 11 is 0. The summed E-state index contributed by atoms with van der Waals surface area (Å²) < 4.78 is 57.7. The van der Waals surface area contributed by atoms with Gasteiger partial charge in [-0.05, 0) is 64.2 Å². The first-order valence-electron chi connectivity index (χ1n) is 20.3. The van der Waals surface area contributed by atoms with Crippen LogP contribution in [-0.2, 0) is 28.6 Å². The van der Waals surface area contributed by atoms with Crippen LogP contribution in [0.25, 0.3) is 0 Å². The van der Waals surface area contributed by atoms with Gasteiger partial charge < -0.3 is 11.1 Å². The van der Waals surface area contributed by atoms with Crippen LogP contribution in [0.5, 0.6) is 0 Å². The van der Waals surface area contributed by atoms with Crippen molar-refractivity contribution < 1.29 is 25.2 Å². The third-order valence-corrected chi connectivity index (χ3v) is 10.7. The maximum atomic E-state index is 11.9. The van der Waals surface area contributed by atoms with Gasteiger partial charge in [0.05, 0.1) is 23.0 Å². The summed E-state index contributed by atoms with van der Waals surface area (Å²) in [6.07, 6.45) is 27.1. The lowest BCUT2D eigenvalue weighted by Crippen LogP contribution is -2.07. The van der Waals surface area contributed by atoms with Gasteiger partial charge in [0.25, 0.3) is 20.2 Å². The van der Waals surface area contributed by atoms with E-state index in [0.717, 1.165) is 38.6 Å². The molecule has 0 heterocycles. The lowest BCUT2D eigenvalue weighted by atomic mass is 10.1. The second kappa shape index (κ2) is 38.9. The fourth-order valence-corrected chi connectivity index (χ4v) is 6.93. The van der Waals surface area contributed by atoms with Crippen LogP contribution in [0.3, 0.4) is 0 Å². The van der Waals surface area contributed by atoms with E-state index < -0.39 is 20.2 Å². The zero-order valence-corrected chi connectivity index (χ0v) is 35.4. The normalized spacial score (nSPS) is 11.0. The van der Waals surface area contributed by atoms with Crippen molar-refractivity contribution in [2.45, 2.75) is 172 Å². The predicted octanol–water partition coefficient (Wildman–Crippen LogP) is 11.2. The third-order valence-electron chi connectivity index (χ3n) is 8.08. The van der Waals surface area contributed by atoms with Crippen molar-refractivity contribution in [3.63, 3.8) is 0 Å². The van der Waals surface area contributed by atoms with Gasteiger partial charge in [0.1, 0.15) is 0 Å². The first kappa shape index (κ1) is 52.3. The summed E-state index contributed by atoms with van der Waals surface area (Å²) in [5.74, 6) is 0. The molecule has 0 bridgehead atoms. The second-order valence-corrected chi connectivity index (χ2v) is 16.4. The Kier molecular flexibility index (Phi) is 39.1. The van der Waals surface area contributed by atoms with E-state index in [2.05, 4.69) is 26.1 Å². The number of unbranched alkanes of at least 4 members (excludes halogenated alkanes) is 19. The summed E-state index contributed by atoms with van der Waals surface area (Å²) in [7, 11) is -3.39. The highest BCUT2D eigenvalue weighted by molar-refractivity contribution is 7.87. The molecule has 0 unspecified atom stereocenters. The zero-order chi connectivity index (χ0) is 39.0. The number of nitrogens with one attached hydrogen (secondary N) is 1. The van der Waals surface area contributed by atoms with Crippen LogP contribution >= 0.6 is 0 Å². The predicted molar refractivity (Wildman–Crippen MR) is 222 cm³/mol. The van der Waals surface area contributed by atoms with E-state index in [-0.39, 0.29) is 23.0 Å². The monoisotopic (exact) mass is 771 g/mol. The lowest BCUT2D eigenvalue weighted by Gasteiger charge is -2.05. The Morgan fingerprint density at radius 2 is 0.673 bits per heavy atom. The summed E-state index contributed by atoms with van der Waals surface area (Å²) in [6, 6.07) is 16.7. The zero-order valence-electron chi connectivity index (χ0n) is 33.8. The molecule has 0 fully saturated rings. The number of rotatable bonds is 28. The molecule has 0 spiro atoms. The molecule has 2 aromatic carbocycles. The molecule has 10 heteroatoms. The smallest absolute Gasteiger partial charge is 0.296 e. The Labute approximate surface area is 321 Å². The Morgan fingerprint density at radius 3 is 0.904 bits per heavy atom. The molecule has 0 aliphatic heterocycles. The summed E-state index contributed by atoms with van der Waals surface area (Å²) in [4.78, 5) is 0.477. The van der Waals surface area contributed by atoms with E-state index in [4.69, 9.17) is 14.1 Å². The van der Waals surface area contributed by atoms with Gasteiger partial charge in [0.15, 0.2) is 0 Å².